The van der Waals surface area contributed by atoms with Crippen LogP contribution in [0.15, 0.2) is 70.4 Å². The van der Waals surface area contributed by atoms with E-state index in [2.05, 4.69) is 20.6 Å². The van der Waals surface area contributed by atoms with E-state index in [-0.39, 0.29) is 17.5 Å². The molecule has 0 aromatic heterocycles. The molecule has 0 atom stereocenters. The molecule has 4 aliphatic rings. The average Bonchev–Trinajstić information content (AvgIpc) is 3.47. The highest BCUT2D eigenvalue weighted by molar-refractivity contribution is 5.99. The molecule has 0 aliphatic carbocycles. The van der Waals surface area contributed by atoms with E-state index in [1.807, 2.05) is 48.5 Å². The number of nitrogens with one attached hydrogen (secondary N) is 2. The number of aromatic nitrogens is 2. The number of para-hydroxylation sites is 2. The summed E-state index contributed by atoms with van der Waals surface area (Å²) in [5, 5.41) is 5.52. The summed E-state index contributed by atoms with van der Waals surface area (Å²) < 4.78 is 0. The van der Waals surface area contributed by atoms with Gasteiger partial charge in [0.25, 0.3) is 5.43 Å². The lowest BCUT2D eigenvalue weighted by Crippen LogP contribution is -2.19. The first kappa shape index (κ1) is 19.1. The summed E-state index contributed by atoms with van der Waals surface area (Å²) in [6, 6.07) is 17.0. The maximum atomic E-state index is 10.8. The van der Waals surface area contributed by atoms with Crippen LogP contribution in [-0.2, 0) is 22.4 Å². The zero-order chi connectivity index (χ0) is 21.1. The minimum atomic E-state index is -0.710. The minimum absolute atomic E-state index is 0.0983. The fourth-order valence-electron chi connectivity index (χ4n) is 3.18. The van der Waals surface area contributed by atoms with Gasteiger partial charge in [-0.25, -0.2) is 4.98 Å². The molecule has 2 N–H and O–H groups in total. The monoisotopic (exact) mass is 400 g/mol. The molecule has 8 heteroatoms. The van der Waals surface area contributed by atoms with Crippen molar-refractivity contribution >= 4 is 23.2 Å². The molecule has 4 aliphatic heterocycles. The zero-order valence-corrected chi connectivity index (χ0v) is 15.7. The molecule has 0 bridgehead atoms. The van der Waals surface area contributed by atoms with Crippen LogP contribution in [0.1, 0.15) is 11.1 Å². The van der Waals surface area contributed by atoms with Gasteiger partial charge in [0.05, 0.1) is 18.5 Å². The summed E-state index contributed by atoms with van der Waals surface area (Å²) in [5.41, 5.74) is 3.41. The third-order valence-electron chi connectivity index (χ3n) is 4.59. The highest BCUT2D eigenvalue weighted by Gasteiger charge is 2.16. The highest BCUT2D eigenvalue weighted by Crippen LogP contribution is 2.21. The lowest BCUT2D eigenvalue weighted by molar-refractivity contribution is -0.115. The van der Waals surface area contributed by atoms with Crippen LogP contribution < -0.4 is 21.6 Å². The standard InChI is InChI=1S/2C8H7NO.C6H2N2O2/c2*10-8-5-6-3-1-2-4-7(6)9-8;9-5-4-3(1-2-7-4)8-6(5)10/h2*1-4H,5H2,(H,9,10);1-2H. The van der Waals surface area contributed by atoms with E-state index in [4.69, 9.17) is 0 Å². The largest absolute Gasteiger partial charge is 0.326 e. The van der Waals surface area contributed by atoms with Crippen molar-refractivity contribution in [1.29, 1.82) is 0 Å². The van der Waals surface area contributed by atoms with Gasteiger partial charge in [-0.15, -0.1) is 0 Å². The summed E-state index contributed by atoms with van der Waals surface area (Å²) in [6.07, 6.45) is 2.53. The van der Waals surface area contributed by atoms with Gasteiger partial charge in [0.1, 0.15) is 5.69 Å². The molecule has 0 radical (unpaired) electrons. The number of benzene rings is 2. The number of rotatable bonds is 0. The average molecular weight is 400 g/mol. The van der Waals surface area contributed by atoms with E-state index in [0.717, 1.165) is 22.5 Å². The van der Waals surface area contributed by atoms with Gasteiger partial charge in [0.15, 0.2) is 0 Å². The Morgan fingerprint density at radius 2 is 1.23 bits per heavy atom. The minimum Gasteiger partial charge on any atom is -0.326 e. The molecule has 2 aromatic carbocycles. The molecular formula is C22H16N4O4. The molecule has 2 aromatic rings. The van der Waals surface area contributed by atoms with E-state index in [9.17, 15) is 19.2 Å². The summed E-state index contributed by atoms with van der Waals surface area (Å²) >= 11 is 0. The molecule has 0 unspecified atom stereocenters. The van der Waals surface area contributed by atoms with Crippen LogP contribution in [0.2, 0.25) is 0 Å². The van der Waals surface area contributed by atoms with Gasteiger partial charge in [0.2, 0.25) is 11.8 Å². The fourth-order valence-corrected chi connectivity index (χ4v) is 3.18. The number of carbonyl (C=O) groups is 2. The lowest BCUT2D eigenvalue weighted by Gasteiger charge is -1.93. The molecular weight excluding hydrogens is 384 g/mol. The molecule has 0 spiro atoms. The third-order valence-corrected chi connectivity index (χ3v) is 4.59. The van der Waals surface area contributed by atoms with Crippen molar-refractivity contribution in [3.63, 3.8) is 0 Å². The Bertz CT molecular complexity index is 1180. The van der Waals surface area contributed by atoms with Crippen molar-refractivity contribution in [2.75, 3.05) is 10.6 Å². The highest BCUT2D eigenvalue weighted by atomic mass is 16.2. The third kappa shape index (κ3) is 3.97. The summed E-state index contributed by atoms with van der Waals surface area (Å²) in [5.74, 6) is 0.197. The molecule has 2 amide bonds. The van der Waals surface area contributed by atoms with Crippen LogP contribution in [0.25, 0.3) is 11.4 Å². The fraction of sp³-hybridized carbons (Fsp3) is 0.0909. The Balaban J connectivity index is 0.000000109. The Hall–Kier alpha value is -4.20. The van der Waals surface area contributed by atoms with Gasteiger partial charge < -0.3 is 10.6 Å². The summed E-state index contributed by atoms with van der Waals surface area (Å²) in [6.45, 7) is 0. The Morgan fingerprint density at radius 1 is 0.700 bits per heavy atom. The number of carbonyl (C=O) groups excluding carboxylic acids is 2. The molecule has 0 saturated heterocycles. The molecule has 0 saturated carbocycles. The quantitative estimate of drug-likeness (QED) is 0.432. The van der Waals surface area contributed by atoms with E-state index in [1.165, 1.54) is 12.3 Å². The van der Waals surface area contributed by atoms with Gasteiger partial charge in [-0.3, -0.25) is 24.2 Å². The molecule has 30 heavy (non-hydrogen) atoms. The van der Waals surface area contributed by atoms with Gasteiger partial charge in [-0.1, -0.05) is 36.4 Å². The van der Waals surface area contributed by atoms with E-state index in [1.54, 1.807) is 0 Å². The first-order valence-electron chi connectivity index (χ1n) is 9.19. The van der Waals surface area contributed by atoms with E-state index >= 15 is 0 Å². The predicted octanol–water partition coefficient (Wildman–Crippen LogP) is 1.54. The second-order valence-corrected chi connectivity index (χ2v) is 6.69. The van der Waals surface area contributed by atoms with Gasteiger partial charge in [0, 0.05) is 17.6 Å². The van der Waals surface area contributed by atoms with Crippen molar-refractivity contribution in [2.45, 2.75) is 12.8 Å². The normalized spacial score (nSPS) is 13.3. The molecule has 4 heterocycles. The molecule has 8 nitrogen and oxygen atoms in total. The van der Waals surface area contributed by atoms with Gasteiger partial charge in [-0.2, -0.15) is 0 Å². The summed E-state index contributed by atoms with van der Waals surface area (Å²) in [4.78, 5) is 50.0. The van der Waals surface area contributed by atoms with Crippen LogP contribution in [0.5, 0.6) is 0 Å². The Morgan fingerprint density at radius 3 is 1.73 bits per heavy atom. The van der Waals surface area contributed by atoms with E-state index < -0.39 is 11.0 Å². The maximum Gasteiger partial charge on any atom is 0.320 e. The smallest absolute Gasteiger partial charge is 0.320 e. The maximum absolute atomic E-state index is 10.8. The first-order valence-corrected chi connectivity index (χ1v) is 9.19. The van der Waals surface area contributed by atoms with Gasteiger partial charge in [-0.05, 0) is 29.3 Å². The number of amides is 2. The van der Waals surface area contributed by atoms with Crippen LogP contribution in [0.4, 0.5) is 11.4 Å². The van der Waals surface area contributed by atoms with Crippen LogP contribution >= 0.6 is 0 Å². The van der Waals surface area contributed by atoms with Crippen LogP contribution in [-0.4, -0.2) is 21.8 Å². The number of hydrogen-bond acceptors (Lipinski definition) is 6. The number of hydrogen-bond donors (Lipinski definition) is 2. The molecule has 0 fully saturated rings. The number of fused-ring (bicyclic) bond motifs is 3. The van der Waals surface area contributed by atoms with Crippen LogP contribution in [0, 0.1) is 0 Å². The topological polar surface area (TPSA) is 118 Å². The zero-order valence-electron chi connectivity index (χ0n) is 15.7. The SMILES string of the molecule is O=C1Cc2ccccc2N1.O=C1Cc2ccccc2N1.O=c1nc2ccnc-2c1=O. The number of nitrogens with zero attached hydrogens (tertiary/aromatic N) is 2. The van der Waals surface area contributed by atoms with Crippen molar-refractivity contribution in [2.24, 2.45) is 0 Å². The molecule has 6 rings (SSSR count). The van der Waals surface area contributed by atoms with Crippen LogP contribution in [0.3, 0.4) is 0 Å². The van der Waals surface area contributed by atoms with Crippen molar-refractivity contribution in [3.8, 4) is 11.4 Å². The first-order chi connectivity index (χ1) is 14.5. The second kappa shape index (κ2) is 8.04. The van der Waals surface area contributed by atoms with Crippen molar-refractivity contribution in [1.82, 2.24) is 9.97 Å². The number of anilines is 2. The lowest BCUT2D eigenvalue weighted by atomic mass is 10.2. The summed E-state index contributed by atoms with van der Waals surface area (Å²) in [7, 11) is 0. The Labute approximate surface area is 170 Å². The molecule has 148 valence electrons. The van der Waals surface area contributed by atoms with E-state index in [0.29, 0.717) is 18.5 Å². The van der Waals surface area contributed by atoms with Gasteiger partial charge >= 0.3 is 5.56 Å². The van der Waals surface area contributed by atoms with Crippen molar-refractivity contribution < 1.29 is 9.59 Å². The van der Waals surface area contributed by atoms with Crippen molar-refractivity contribution in [3.05, 3.63) is 92.5 Å². The Kier molecular flexibility index (Phi) is 5.13. The second-order valence-electron chi connectivity index (χ2n) is 6.69. The predicted molar refractivity (Wildman–Crippen MR) is 111 cm³/mol.